The van der Waals surface area contributed by atoms with Crippen LogP contribution in [0.15, 0.2) is 30.5 Å². The van der Waals surface area contributed by atoms with E-state index in [1.165, 1.54) is 17.4 Å². The van der Waals surface area contributed by atoms with Crippen LogP contribution in [0.25, 0.3) is 0 Å². The first kappa shape index (κ1) is 16.6. The van der Waals surface area contributed by atoms with Crippen molar-refractivity contribution < 1.29 is 13.9 Å². The van der Waals surface area contributed by atoms with Gasteiger partial charge in [-0.25, -0.2) is 9.37 Å². The fourth-order valence-corrected chi connectivity index (χ4v) is 2.70. The molecule has 0 aliphatic carbocycles. The number of rotatable bonds is 7. The summed E-state index contributed by atoms with van der Waals surface area (Å²) in [7, 11) is 0. The van der Waals surface area contributed by atoms with Crippen LogP contribution in [0.3, 0.4) is 0 Å². The molecule has 0 bridgehead atoms. The topological polar surface area (TPSA) is 51.2 Å². The average Bonchev–Trinajstić information content (AvgIpc) is 2.88. The van der Waals surface area contributed by atoms with Crippen molar-refractivity contribution in [3.63, 3.8) is 0 Å². The molecule has 0 saturated heterocycles. The number of nitrogens with one attached hydrogen (secondary N) is 1. The Morgan fingerprint density at radius 2 is 2.18 bits per heavy atom. The summed E-state index contributed by atoms with van der Waals surface area (Å²) in [6.45, 7) is 4.23. The van der Waals surface area contributed by atoms with E-state index in [-0.39, 0.29) is 17.8 Å². The molecule has 0 unspecified atom stereocenters. The lowest BCUT2D eigenvalue weighted by molar-refractivity contribution is -0.117. The minimum Gasteiger partial charge on any atom is -0.378 e. The SMILES string of the molecule is CC(C)OCCC(=O)Nc1ncc(Cc2ccccc2F)s1. The number of nitrogens with zero attached hydrogens (tertiary/aromatic N) is 1. The Bertz CT molecular complexity index is 628. The first-order valence-electron chi connectivity index (χ1n) is 7.14. The number of anilines is 1. The highest BCUT2D eigenvalue weighted by molar-refractivity contribution is 7.15. The summed E-state index contributed by atoms with van der Waals surface area (Å²) >= 11 is 1.35. The predicted molar refractivity (Wildman–Crippen MR) is 85.7 cm³/mol. The molecule has 1 aromatic carbocycles. The van der Waals surface area contributed by atoms with E-state index in [0.717, 1.165) is 4.88 Å². The molecule has 2 rings (SSSR count). The van der Waals surface area contributed by atoms with Crippen LogP contribution >= 0.6 is 11.3 Å². The van der Waals surface area contributed by atoms with Crippen LogP contribution in [0, 0.1) is 5.82 Å². The summed E-state index contributed by atoms with van der Waals surface area (Å²) < 4.78 is 18.9. The van der Waals surface area contributed by atoms with E-state index in [1.54, 1.807) is 24.4 Å². The molecule has 1 aromatic heterocycles. The van der Waals surface area contributed by atoms with Crippen molar-refractivity contribution in [1.29, 1.82) is 0 Å². The van der Waals surface area contributed by atoms with Gasteiger partial charge in [0.15, 0.2) is 5.13 Å². The quantitative estimate of drug-likeness (QED) is 0.847. The number of aromatic nitrogens is 1. The average molecular weight is 322 g/mol. The fraction of sp³-hybridized carbons (Fsp3) is 0.375. The predicted octanol–water partition coefficient (Wildman–Crippen LogP) is 3.63. The number of hydrogen-bond donors (Lipinski definition) is 1. The Morgan fingerprint density at radius 1 is 1.41 bits per heavy atom. The second-order valence-electron chi connectivity index (χ2n) is 5.12. The zero-order chi connectivity index (χ0) is 15.9. The van der Waals surface area contributed by atoms with Gasteiger partial charge in [0.2, 0.25) is 5.91 Å². The van der Waals surface area contributed by atoms with Crippen LogP contribution < -0.4 is 5.32 Å². The molecule has 1 heterocycles. The zero-order valence-electron chi connectivity index (χ0n) is 12.6. The molecule has 0 saturated carbocycles. The maximum Gasteiger partial charge on any atom is 0.228 e. The third kappa shape index (κ3) is 5.20. The van der Waals surface area contributed by atoms with E-state index >= 15 is 0 Å². The molecule has 6 heteroatoms. The zero-order valence-corrected chi connectivity index (χ0v) is 13.5. The van der Waals surface area contributed by atoms with E-state index in [0.29, 0.717) is 30.1 Å². The van der Waals surface area contributed by atoms with Crippen molar-refractivity contribution in [2.24, 2.45) is 0 Å². The second-order valence-corrected chi connectivity index (χ2v) is 6.23. The summed E-state index contributed by atoms with van der Waals surface area (Å²) in [4.78, 5) is 16.8. The molecule has 0 radical (unpaired) electrons. The Hall–Kier alpha value is -1.79. The first-order valence-corrected chi connectivity index (χ1v) is 7.96. The van der Waals surface area contributed by atoms with Crippen LogP contribution in [0.1, 0.15) is 30.7 Å². The number of amides is 1. The van der Waals surface area contributed by atoms with E-state index in [9.17, 15) is 9.18 Å². The van der Waals surface area contributed by atoms with Gasteiger partial charge < -0.3 is 10.1 Å². The summed E-state index contributed by atoms with van der Waals surface area (Å²) in [5.74, 6) is -0.361. The summed E-state index contributed by atoms with van der Waals surface area (Å²) in [5, 5.41) is 3.26. The molecule has 22 heavy (non-hydrogen) atoms. The Kier molecular flexibility index (Phi) is 6.03. The van der Waals surface area contributed by atoms with Crippen LogP contribution in [-0.2, 0) is 16.0 Å². The smallest absolute Gasteiger partial charge is 0.228 e. The van der Waals surface area contributed by atoms with Gasteiger partial charge in [-0.05, 0) is 25.5 Å². The molecule has 0 spiro atoms. The van der Waals surface area contributed by atoms with Gasteiger partial charge in [-0.15, -0.1) is 11.3 Å². The van der Waals surface area contributed by atoms with Gasteiger partial charge in [0.05, 0.1) is 19.1 Å². The van der Waals surface area contributed by atoms with Gasteiger partial charge in [-0.2, -0.15) is 0 Å². The normalized spacial score (nSPS) is 10.9. The van der Waals surface area contributed by atoms with Crippen molar-refractivity contribution in [2.45, 2.75) is 32.8 Å². The van der Waals surface area contributed by atoms with Gasteiger partial charge in [0.1, 0.15) is 5.82 Å². The van der Waals surface area contributed by atoms with E-state index in [2.05, 4.69) is 10.3 Å². The van der Waals surface area contributed by atoms with Crippen molar-refractivity contribution in [1.82, 2.24) is 4.98 Å². The van der Waals surface area contributed by atoms with Crippen molar-refractivity contribution in [3.05, 3.63) is 46.7 Å². The van der Waals surface area contributed by atoms with Crippen molar-refractivity contribution in [2.75, 3.05) is 11.9 Å². The van der Waals surface area contributed by atoms with Crippen LogP contribution in [0.2, 0.25) is 0 Å². The lowest BCUT2D eigenvalue weighted by Crippen LogP contribution is -2.15. The number of hydrogen-bond acceptors (Lipinski definition) is 4. The highest BCUT2D eigenvalue weighted by Gasteiger charge is 2.09. The maximum atomic E-state index is 13.6. The Labute approximate surface area is 133 Å². The van der Waals surface area contributed by atoms with Crippen molar-refractivity contribution >= 4 is 22.4 Å². The lowest BCUT2D eigenvalue weighted by atomic mass is 10.1. The number of thiazole rings is 1. The van der Waals surface area contributed by atoms with E-state index in [4.69, 9.17) is 4.74 Å². The largest absolute Gasteiger partial charge is 0.378 e. The third-order valence-electron chi connectivity index (χ3n) is 2.90. The number of benzene rings is 1. The van der Waals surface area contributed by atoms with Crippen LogP contribution in [-0.4, -0.2) is 23.6 Å². The molecule has 4 nitrogen and oxygen atoms in total. The number of carbonyl (C=O) groups is 1. The molecule has 0 fully saturated rings. The van der Waals surface area contributed by atoms with Crippen molar-refractivity contribution in [3.8, 4) is 0 Å². The summed E-state index contributed by atoms with van der Waals surface area (Å²) in [5.41, 5.74) is 0.620. The molecule has 0 aliphatic heterocycles. The fourth-order valence-electron chi connectivity index (χ4n) is 1.85. The summed E-state index contributed by atoms with van der Waals surface area (Å²) in [6.07, 6.45) is 2.54. The standard InChI is InChI=1S/C16H19FN2O2S/c1-11(2)21-8-7-15(20)19-16-18-10-13(22-16)9-12-5-3-4-6-14(12)17/h3-6,10-11H,7-9H2,1-2H3,(H,18,19,20). The lowest BCUT2D eigenvalue weighted by Gasteiger charge is -2.06. The third-order valence-corrected chi connectivity index (χ3v) is 3.82. The molecule has 1 amide bonds. The van der Waals surface area contributed by atoms with Crippen LogP contribution in [0.5, 0.6) is 0 Å². The second kappa shape index (κ2) is 8.00. The molecular weight excluding hydrogens is 303 g/mol. The monoisotopic (exact) mass is 322 g/mol. The molecule has 118 valence electrons. The maximum absolute atomic E-state index is 13.6. The number of carbonyl (C=O) groups excluding carboxylic acids is 1. The molecule has 0 aliphatic rings. The molecule has 1 N–H and O–H groups in total. The van der Waals surface area contributed by atoms with Gasteiger partial charge in [0, 0.05) is 17.5 Å². The van der Waals surface area contributed by atoms with Gasteiger partial charge in [-0.3, -0.25) is 4.79 Å². The number of halogens is 1. The Balaban J connectivity index is 1.86. The van der Waals surface area contributed by atoms with Crippen LogP contribution in [0.4, 0.5) is 9.52 Å². The minimum absolute atomic E-state index is 0.111. The van der Waals surface area contributed by atoms with Gasteiger partial charge in [0.25, 0.3) is 0 Å². The number of ether oxygens (including phenoxy) is 1. The van der Waals surface area contributed by atoms with Gasteiger partial charge >= 0.3 is 0 Å². The minimum atomic E-state index is -0.229. The van der Waals surface area contributed by atoms with Gasteiger partial charge in [-0.1, -0.05) is 18.2 Å². The first-order chi connectivity index (χ1) is 10.5. The molecular formula is C16H19FN2O2S. The highest BCUT2D eigenvalue weighted by atomic mass is 32.1. The summed E-state index contributed by atoms with van der Waals surface area (Å²) in [6, 6.07) is 6.65. The van der Waals surface area contributed by atoms with E-state index < -0.39 is 0 Å². The Morgan fingerprint density at radius 3 is 2.91 bits per heavy atom. The molecule has 0 atom stereocenters. The molecule has 2 aromatic rings. The van der Waals surface area contributed by atoms with E-state index in [1.807, 2.05) is 13.8 Å². The highest BCUT2D eigenvalue weighted by Crippen LogP contribution is 2.22.